The van der Waals surface area contributed by atoms with Crippen molar-refractivity contribution in [2.75, 3.05) is 11.5 Å². The first-order valence-electron chi connectivity index (χ1n) is 13.4. The first-order chi connectivity index (χ1) is 16.9. The molecule has 0 aromatic heterocycles. The topological polar surface area (TPSA) is 80.3 Å². The van der Waals surface area contributed by atoms with Crippen molar-refractivity contribution in [1.29, 1.82) is 0 Å². The van der Waals surface area contributed by atoms with Crippen LogP contribution in [0.3, 0.4) is 0 Å². The SMILES string of the molecule is C=CCC(CS)C(=O)[O-].C=CCC(CS)C(=O)[O-].CCCCCCC[CH2][Sn+2][CH2]CCCCCCC. The molecule has 0 saturated heterocycles. The van der Waals surface area contributed by atoms with Gasteiger partial charge in [0.1, 0.15) is 0 Å². The maximum absolute atomic E-state index is 10.1. The number of rotatable bonds is 22. The summed E-state index contributed by atoms with van der Waals surface area (Å²) in [6, 6.07) is 0. The Morgan fingerprint density at radius 2 is 1.00 bits per heavy atom. The van der Waals surface area contributed by atoms with Crippen LogP contribution in [0.2, 0.25) is 8.87 Å². The number of unbranched alkanes of at least 4 members (excludes halogenated alkanes) is 10. The molecule has 0 aromatic carbocycles. The molecule has 35 heavy (non-hydrogen) atoms. The summed E-state index contributed by atoms with van der Waals surface area (Å²) >= 11 is 7.71. The summed E-state index contributed by atoms with van der Waals surface area (Å²) in [5.41, 5.74) is 0. The molecule has 204 valence electrons. The van der Waals surface area contributed by atoms with Gasteiger partial charge in [0.2, 0.25) is 0 Å². The van der Waals surface area contributed by atoms with Gasteiger partial charge in [0.05, 0.1) is 0 Å². The molecule has 4 nitrogen and oxygen atoms in total. The first kappa shape index (κ1) is 39.4. The Morgan fingerprint density at radius 3 is 1.23 bits per heavy atom. The number of carboxylic acids is 2. The molecular weight excluding hydrogens is 583 g/mol. The number of thiol groups is 2. The van der Waals surface area contributed by atoms with Gasteiger partial charge in [0, 0.05) is 23.8 Å². The van der Waals surface area contributed by atoms with Crippen molar-refractivity contribution in [3.05, 3.63) is 25.3 Å². The van der Waals surface area contributed by atoms with E-state index in [9.17, 15) is 19.8 Å². The number of hydrogen-bond acceptors (Lipinski definition) is 6. The van der Waals surface area contributed by atoms with Crippen LogP contribution in [0.25, 0.3) is 0 Å². The van der Waals surface area contributed by atoms with Gasteiger partial charge in [-0.15, -0.1) is 13.2 Å². The summed E-state index contributed by atoms with van der Waals surface area (Å²) in [6.45, 7) is 11.4. The summed E-state index contributed by atoms with van der Waals surface area (Å²) in [7, 11) is 0. The van der Waals surface area contributed by atoms with E-state index in [1.54, 1.807) is 33.9 Å². The van der Waals surface area contributed by atoms with Gasteiger partial charge in [-0.2, -0.15) is 25.3 Å². The van der Waals surface area contributed by atoms with Crippen LogP contribution in [0.1, 0.15) is 104 Å². The number of carboxylic acid groups (broad SMARTS) is 2. The molecule has 7 heteroatoms. The van der Waals surface area contributed by atoms with Crippen LogP contribution in [-0.4, -0.2) is 44.6 Å². The molecule has 0 aliphatic heterocycles. The van der Waals surface area contributed by atoms with Crippen molar-refractivity contribution in [2.45, 2.75) is 113 Å². The van der Waals surface area contributed by atoms with Crippen LogP contribution in [0, 0.1) is 11.8 Å². The molecule has 0 radical (unpaired) electrons. The zero-order chi connectivity index (χ0) is 27.2. The van der Waals surface area contributed by atoms with Crippen LogP contribution in [0.4, 0.5) is 0 Å². The van der Waals surface area contributed by atoms with Crippen LogP contribution in [0.5, 0.6) is 0 Å². The standard InChI is InChI=1S/2C8H17.2C6H10O2S.Sn/c2*1-3-5-7-8-6-4-2;2*1-2-3-5(4-9)6(7)8;/h2*1,3-8H2,2H3;2*2,5,9H,1,3-4H2,(H,7,8);/q;;;;+2/p-2. The van der Waals surface area contributed by atoms with E-state index in [-0.39, 0.29) is 21.1 Å². The van der Waals surface area contributed by atoms with Gasteiger partial charge in [-0.1, -0.05) is 12.2 Å². The summed E-state index contributed by atoms with van der Waals surface area (Å²) in [4.78, 5) is 20.2. The monoisotopic (exact) mass is 636 g/mol. The van der Waals surface area contributed by atoms with Gasteiger partial charge < -0.3 is 19.8 Å². The number of allylic oxidation sites excluding steroid dienone is 2. The van der Waals surface area contributed by atoms with E-state index in [1.165, 1.54) is 64.2 Å². The molecule has 0 heterocycles. The molecule has 0 aliphatic rings. The Morgan fingerprint density at radius 1 is 0.686 bits per heavy atom. The zero-order valence-electron chi connectivity index (χ0n) is 22.5. The Kier molecular flexibility index (Phi) is 38.2. The Labute approximate surface area is 238 Å². The quantitative estimate of drug-likeness (QED) is 0.0666. The molecule has 2 unspecified atom stereocenters. The average Bonchev–Trinajstić information content (AvgIpc) is 2.84. The molecule has 0 saturated carbocycles. The van der Waals surface area contributed by atoms with E-state index in [0.29, 0.717) is 24.3 Å². The number of aliphatic carboxylic acids is 2. The molecule has 0 rings (SSSR count). The Hall–Kier alpha value is -0.0813. The number of carbonyl (C=O) groups excluding carboxylic acids is 2. The fourth-order valence-electron chi connectivity index (χ4n) is 3.08. The van der Waals surface area contributed by atoms with E-state index in [4.69, 9.17) is 0 Å². The van der Waals surface area contributed by atoms with Gasteiger partial charge in [-0.3, -0.25) is 0 Å². The molecule has 0 aromatic rings. The van der Waals surface area contributed by atoms with Gasteiger partial charge in [-0.05, 0) is 24.3 Å². The fraction of sp³-hybridized carbons (Fsp3) is 0.786. The molecular formula is C28H52O4S2Sn. The van der Waals surface area contributed by atoms with Crippen molar-refractivity contribution < 1.29 is 19.8 Å². The molecule has 0 amide bonds. The van der Waals surface area contributed by atoms with Gasteiger partial charge in [0.15, 0.2) is 0 Å². The van der Waals surface area contributed by atoms with Crippen molar-refractivity contribution in [3.63, 3.8) is 0 Å². The summed E-state index contributed by atoms with van der Waals surface area (Å²) in [5, 5.41) is 20.2. The van der Waals surface area contributed by atoms with Crippen LogP contribution in [-0.2, 0) is 9.59 Å². The third-order valence-corrected chi connectivity index (χ3v) is 10.3. The molecule has 0 fully saturated rings. The van der Waals surface area contributed by atoms with E-state index in [0.717, 1.165) is 0 Å². The average molecular weight is 636 g/mol. The van der Waals surface area contributed by atoms with E-state index in [1.807, 2.05) is 0 Å². The molecule has 2 atom stereocenters. The third-order valence-electron chi connectivity index (χ3n) is 5.42. The third kappa shape index (κ3) is 33.9. The van der Waals surface area contributed by atoms with Gasteiger partial charge >= 0.3 is 121 Å². The maximum atomic E-state index is 10.1. The van der Waals surface area contributed by atoms with E-state index >= 15 is 0 Å². The molecule has 0 aliphatic carbocycles. The van der Waals surface area contributed by atoms with Gasteiger partial charge in [-0.25, -0.2) is 0 Å². The summed E-state index contributed by atoms with van der Waals surface area (Å²) < 4.78 is 3.31. The summed E-state index contributed by atoms with van der Waals surface area (Å²) in [6.07, 6.45) is 21.8. The normalized spacial score (nSPS) is 11.5. The first-order valence-corrected chi connectivity index (χ1v) is 18.7. The summed E-state index contributed by atoms with van der Waals surface area (Å²) in [5.74, 6) is -2.44. The number of hydrogen-bond donors (Lipinski definition) is 2. The van der Waals surface area contributed by atoms with Gasteiger partial charge in [0.25, 0.3) is 0 Å². The number of carbonyl (C=O) groups is 2. The van der Waals surface area contributed by atoms with Crippen molar-refractivity contribution >= 4 is 58.3 Å². The second-order valence-electron chi connectivity index (χ2n) is 8.73. The molecule has 0 N–H and O–H groups in total. The predicted octanol–water partition coefficient (Wildman–Crippen LogP) is 5.97. The minimum absolute atomic E-state index is 0.0736. The van der Waals surface area contributed by atoms with Crippen molar-refractivity contribution in [1.82, 2.24) is 0 Å². The van der Waals surface area contributed by atoms with Crippen molar-refractivity contribution in [3.8, 4) is 0 Å². The second kappa shape index (κ2) is 33.9. The Bertz CT molecular complexity index is 448. The van der Waals surface area contributed by atoms with Crippen LogP contribution >= 0.6 is 25.3 Å². The molecule has 0 bridgehead atoms. The minimum atomic E-state index is -1.05. The van der Waals surface area contributed by atoms with E-state index in [2.05, 4.69) is 52.3 Å². The zero-order valence-corrected chi connectivity index (χ0v) is 27.1. The predicted molar refractivity (Wildman–Crippen MR) is 156 cm³/mol. The molecule has 0 spiro atoms. The van der Waals surface area contributed by atoms with Crippen LogP contribution in [0.15, 0.2) is 25.3 Å². The Balaban J connectivity index is -0.000000481. The van der Waals surface area contributed by atoms with E-state index < -0.39 is 23.8 Å². The van der Waals surface area contributed by atoms with Crippen molar-refractivity contribution in [2.24, 2.45) is 11.8 Å². The fourth-order valence-corrected chi connectivity index (χ4v) is 7.24. The van der Waals surface area contributed by atoms with Crippen LogP contribution < -0.4 is 10.2 Å². The second-order valence-corrected chi connectivity index (χ2v) is 13.7.